The van der Waals surface area contributed by atoms with Gasteiger partial charge in [-0.3, -0.25) is 9.69 Å². The van der Waals surface area contributed by atoms with Crippen LogP contribution in [0.1, 0.15) is 17.0 Å². The number of carbonyl (C=O) groups is 1. The van der Waals surface area contributed by atoms with Gasteiger partial charge in [0.25, 0.3) is 0 Å². The fourth-order valence-corrected chi connectivity index (χ4v) is 3.54. The Kier molecular flexibility index (Phi) is 7.09. The predicted molar refractivity (Wildman–Crippen MR) is 118 cm³/mol. The number of ether oxygens (including phenoxy) is 1. The summed E-state index contributed by atoms with van der Waals surface area (Å²) in [6.07, 6.45) is 2.88. The molecule has 1 amide bonds. The smallest absolute Gasteiger partial charge is 0.387 e. The summed E-state index contributed by atoms with van der Waals surface area (Å²) in [4.78, 5) is 20.9. The lowest BCUT2D eigenvalue weighted by molar-refractivity contribution is -0.127. The summed E-state index contributed by atoms with van der Waals surface area (Å²) >= 11 is 0. The summed E-state index contributed by atoms with van der Waals surface area (Å²) in [6.45, 7) is 2.01. The van der Waals surface area contributed by atoms with Crippen LogP contribution in [-0.2, 0) is 11.3 Å². The molecule has 3 aromatic rings. The highest BCUT2D eigenvalue weighted by Gasteiger charge is 2.21. The normalized spacial score (nSPS) is 14.8. The number of halogens is 2. The Bertz CT molecular complexity index is 1110. The minimum atomic E-state index is -2.92. The molecule has 0 radical (unpaired) electrons. The fraction of sp³-hybridized carbons (Fsp3) is 0.292. The third kappa shape index (κ3) is 6.01. The molecular formula is C24H24F2N4O3. The molecule has 1 aliphatic rings. The largest absolute Gasteiger partial charge is 0.434 e. The maximum atomic E-state index is 12.5. The molecule has 172 valence electrons. The number of hydrogen-bond acceptors (Lipinski definition) is 6. The number of aromatic nitrogens is 2. The molecule has 0 N–H and O–H groups in total. The molecule has 0 saturated carbocycles. The molecule has 0 unspecified atom stereocenters. The topological polar surface area (TPSA) is 71.7 Å². The minimum Gasteiger partial charge on any atom is -0.434 e. The Balaban J connectivity index is 1.29. The Morgan fingerprint density at radius 3 is 2.58 bits per heavy atom. The number of carbonyl (C=O) groups excluding carboxylic acids is 1. The Morgan fingerprint density at radius 2 is 1.85 bits per heavy atom. The number of rotatable bonds is 7. The molecule has 0 aliphatic carbocycles. The molecule has 7 nitrogen and oxygen atoms in total. The molecule has 1 fully saturated rings. The number of benzene rings is 2. The van der Waals surface area contributed by atoms with Crippen molar-refractivity contribution >= 4 is 12.0 Å². The van der Waals surface area contributed by atoms with Crippen molar-refractivity contribution in [2.24, 2.45) is 0 Å². The van der Waals surface area contributed by atoms with Gasteiger partial charge < -0.3 is 14.2 Å². The van der Waals surface area contributed by atoms with Crippen LogP contribution in [-0.4, -0.2) is 58.6 Å². The lowest BCUT2D eigenvalue weighted by Crippen LogP contribution is -2.47. The van der Waals surface area contributed by atoms with Crippen molar-refractivity contribution in [3.8, 4) is 17.1 Å². The van der Waals surface area contributed by atoms with Gasteiger partial charge in [0, 0.05) is 43.4 Å². The highest BCUT2D eigenvalue weighted by Crippen LogP contribution is 2.22. The van der Waals surface area contributed by atoms with Crippen LogP contribution in [0.2, 0.25) is 0 Å². The van der Waals surface area contributed by atoms with Gasteiger partial charge in [-0.05, 0) is 19.1 Å². The van der Waals surface area contributed by atoms with E-state index >= 15 is 0 Å². The van der Waals surface area contributed by atoms with E-state index in [0.717, 1.165) is 11.1 Å². The third-order valence-corrected chi connectivity index (χ3v) is 5.36. The predicted octanol–water partition coefficient (Wildman–Crippen LogP) is 4.00. The van der Waals surface area contributed by atoms with E-state index in [1.54, 1.807) is 23.1 Å². The van der Waals surface area contributed by atoms with Gasteiger partial charge in [0.15, 0.2) is 0 Å². The summed E-state index contributed by atoms with van der Waals surface area (Å²) in [5, 5.41) is 4.06. The molecule has 33 heavy (non-hydrogen) atoms. The van der Waals surface area contributed by atoms with E-state index in [1.165, 1.54) is 18.2 Å². The quantitative estimate of drug-likeness (QED) is 0.503. The maximum absolute atomic E-state index is 12.5. The van der Waals surface area contributed by atoms with E-state index in [4.69, 9.17) is 4.52 Å². The second-order valence-corrected chi connectivity index (χ2v) is 7.73. The molecule has 9 heteroatoms. The van der Waals surface area contributed by atoms with Crippen molar-refractivity contribution in [1.29, 1.82) is 0 Å². The number of alkyl halides is 2. The maximum Gasteiger partial charge on any atom is 0.387 e. The minimum absolute atomic E-state index is 0.0333. The summed E-state index contributed by atoms with van der Waals surface area (Å²) in [7, 11) is 0. The van der Waals surface area contributed by atoms with Crippen LogP contribution in [0, 0.1) is 6.92 Å². The summed E-state index contributed by atoms with van der Waals surface area (Å²) in [5.41, 5.74) is 2.49. The molecule has 1 aromatic heterocycles. The number of hydrogen-bond donors (Lipinski definition) is 0. The molecule has 2 aromatic carbocycles. The van der Waals surface area contributed by atoms with E-state index in [1.807, 2.05) is 31.2 Å². The number of aryl methyl sites for hydroxylation is 1. The zero-order valence-corrected chi connectivity index (χ0v) is 18.2. The average molecular weight is 454 g/mol. The Hall–Kier alpha value is -3.59. The standard InChI is InChI=1S/C24H24F2N4O3/c1-17-6-8-19(9-7-17)23-27-21(33-28-23)16-29-12-14-30(15-13-29)22(31)11-10-18-4-2-3-5-20(18)32-24(25)26/h2-11,24H,12-16H2,1H3/b11-10+. The molecule has 1 saturated heterocycles. The monoisotopic (exact) mass is 454 g/mol. The number of amides is 1. The van der Waals surface area contributed by atoms with Gasteiger partial charge in [0.1, 0.15) is 5.75 Å². The zero-order valence-electron chi connectivity index (χ0n) is 18.2. The van der Waals surface area contributed by atoms with E-state index < -0.39 is 6.61 Å². The lowest BCUT2D eigenvalue weighted by Gasteiger charge is -2.33. The van der Waals surface area contributed by atoms with Crippen molar-refractivity contribution in [3.05, 3.63) is 71.6 Å². The van der Waals surface area contributed by atoms with Gasteiger partial charge in [0.05, 0.1) is 6.54 Å². The van der Waals surface area contributed by atoms with Crippen LogP contribution in [0.4, 0.5) is 8.78 Å². The van der Waals surface area contributed by atoms with Gasteiger partial charge in [-0.2, -0.15) is 13.8 Å². The van der Waals surface area contributed by atoms with Crippen LogP contribution < -0.4 is 4.74 Å². The van der Waals surface area contributed by atoms with Crippen LogP contribution >= 0.6 is 0 Å². The summed E-state index contributed by atoms with van der Waals surface area (Å²) in [6, 6.07) is 14.3. The second kappa shape index (κ2) is 10.4. The van der Waals surface area contributed by atoms with E-state index in [-0.39, 0.29) is 11.7 Å². The molecule has 2 heterocycles. The van der Waals surface area contributed by atoms with Crippen molar-refractivity contribution in [2.75, 3.05) is 26.2 Å². The van der Waals surface area contributed by atoms with E-state index in [2.05, 4.69) is 19.8 Å². The molecule has 1 aliphatic heterocycles. The van der Waals surface area contributed by atoms with Crippen molar-refractivity contribution in [3.63, 3.8) is 0 Å². The summed E-state index contributed by atoms with van der Waals surface area (Å²) < 4.78 is 35.0. The number of para-hydroxylation sites is 1. The average Bonchev–Trinajstić information content (AvgIpc) is 3.27. The van der Waals surface area contributed by atoms with E-state index in [9.17, 15) is 13.6 Å². The van der Waals surface area contributed by atoms with Crippen LogP contribution in [0.25, 0.3) is 17.5 Å². The molecule has 0 spiro atoms. The van der Waals surface area contributed by atoms with Crippen LogP contribution in [0.15, 0.2) is 59.1 Å². The lowest BCUT2D eigenvalue weighted by atomic mass is 10.1. The molecule has 0 bridgehead atoms. The number of nitrogens with zero attached hydrogens (tertiary/aromatic N) is 4. The first-order chi connectivity index (χ1) is 16.0. The van der Waals surface area contributed by atoms with Gasteiger partial charge in [-0.15, -0.1) is 0 Å². The van der Waals surface area contributed by atoms with Gasteiger partial charge in [0.2, 0.25) is 17.6 Å². The number of piperazine rings is 1. The second-order valence-electron chi connectivity index (χ2n) is 7.73. The van der Waals surface area contributed by atoms with Crippen molar-refractivity contribution in [1.82, 2.24) is 19.9 Å². The third-order valence-electron chi connectivity index (χ3n) is 5.36. The first kappa shape index (κ1) is 22.6. The Morgan fingerprint density at radius 1 is 1.12 bits per heavy atom. The highest BCUT2D eigenvalue weighted by atomic mass is 19.3. The van der Waals surface area contributed by atoms with Crippen LogP contribution in [0.3, 0.4) is 0 Å². The van der Waals surface area contributed by atoms with Gasteiger partial charge in [-0.25, -0.2) is 0 Å². The van der Waals surface area contributed by atoms with Gasteiger partial charge >= 0.3 is 6.61 Å². The molecule has 4 rings (SSSR count). The van der Waals surface area contributed by atoms with Crippen molar-refractivity contribution < 1.29 is 22.8 Å². The first-order valence-electron chi connectivity index (χ1n) is 10.6. The van der Waals surface area contributed by atoms with Crippen LogP contribution in [0.5, 0.6) is 5.75 Å². The summed E-state index contributed by atoms with van der Waals surface area (Å²) in [5.74, 6) is 0.938. The fourth-order valence-electron chi connectivity index (χ4n) is 3.54. The molecular weight excluding hydrogens is 430 g/mol. The van der Waals surface area contributed by atoms with Gasteiger partial charge in [-0.1, -0.05) is 53.2 Å². The first-order valence-corrected chi connectivity index (χ1v) is 10.6. The van der Waals surface area contributed by atoms with E-state index in [0.29, 0.717) is 50.0 Å². The van der Waals surface area contributed by atoms with Crippen molar-refractivity contribution in [2.45, 2.75) is 20.1 Å². The SMILES string of the molecule is Cc1ccc(-c2noc(CN3CCN(C(=O)/C=C/c4ccccc4OC(F)F)CC3)n2)cc1. The molecule has 0 atom stereocenters. The zero-order chi connectivity index (χ0) is 23.2. The Labute approximate surface area is 190 Å². The highest BCUT2D eigenvalue weighted by molar-refractivity contribution is 5.92.